The zero-order valence-electron chi connectivity index (χ0n) is 10.6. The third-order valence-corrected chi connectivity index (χ3v) is 3.13. The van der Waals surface area contributed by atoms with Gasteiger partial charge >= 0.3 is 5.97 Å². The van der Waals surface area contributed by atoms with Gasteiger partial charge in [0.25, 0.3) is 0 Å². The Labute approximate surface area is 101 Å². The van der Waals surface area contributed by atoms with Gasteiger partial charge in [-0.15, -0.1) is 10.2 Å². The first-order chi connectivity index (χ1) is 8.00. The van der Waals surface area contributed by atoms with Gasteiger partial charge in [0.2, 0.25) is 0 Å². The molecule has 1 aromatic heterocycles. The molecule has 2 rings (SSSR count). The molecule has 1 aromatic rings. The van der Waals surface area contributed by atoms with E-state index in [1.807, 2.05) is 25.3 Å². The summed E-state index contributed by atoms with van der Waals surface area (Å²) >= 11 is 0. The van der Waals surface area contributed by atoms with Gasteiger partial charge in [-0.05, 0) is 32.1 Å². The van der Waals surface area contributed by atoms with E-state index in [4.69, 9.17) is 0 Å². The second-order valence-electron chi connectivity index (χ2n) is 5.23. The van der Waals surface area contributed by atoms with Crippen LogP contribution in [0, 0.1) is 12.8 Å². The van der Waals surface area contributed by atoms with E-state index in [-0.39, 0.29) is 0 Å². The van der Waals surface area contributed by atoms with Gasteiger partial charge in [-0.3, -0.25) is 0 Å². The molecule has 0 aromatic carbocycles. The highest BCUT2D eigenvalue weighted by Crippen LogP contribution is 2.40. The molecule has 0 aliphatic heterocycles. The number of hydrogen-bond donors (Lipinski definition) is 1. The molecule has 0 saturated heterocycles. The number of carboxylic acids is 1. The summed E-state index contributed by atoms with van der Waals surface area (Å²) in [5.74, 6) is 1.54. The molecule has 0 spiro atoms. The molecule has 0 amide bonds. The van der Waals surface area contributed by atoms with Crippen LogP contribution < -0.4 is 0 Å². The second-order valence-corrected chi connectivity index (χ2v) is 5.23. The Kier molecular flexibility index (Phi) is 3.17. The van der Waals surface area contributed by atoms with Gasteiger partial charge in [0, 0.05) is 5.92 Å². The first-order valence-corrected chi connectivity index (χ1v) is 6.15. The molecule has 1 aliphatic rings. The number of rotatable bonds is 5. The Balaban J connectivity index is 2.33. The van der Waals surface area contributed by atoms with Gasteiger partial charge in [0.1, 0.15) is 17.7 Å². The van der Waals surface area contributed by atoms with Crippen LogP contribution in [0.25, 0.3) is 0 Å². The van der Waals surface area contributed by atoms with Crippen molar-refractivity contribution in [1.29, 1.82) is 0 Å². The predicted molar refractivity (Wildman–Crippen MR) is 62.9 cm³/mol. The molecule has 5 heteroatoms. The van der Waals surface area contributed by atoms with E-state index in [1.54, 1.807) is 0 Å². The molecule has 1 heterocycles. The quantitative estimate of drug-likeness (QED) is 0.851. The normalized spacial score (nSPS) is 17.4. The van der Waals surface area contributed by atoms with Crippen LogP contribution >= 0.6 is 0 Å². The number of hydrogen-bond acceptors (Lipinski definition) is 3. The Morgan fingerprint density at radius 2 is 2.12 bits per heavy atom. The van der Waals surface area contributed by atoms with Crippen LogP contribution in [-0.2, 0) is 4.79 Å². The summed E-state index contributed by atoms with van der Waals surface area (Å²) in [5, 5.41) is 17.5. The Morgan fingerprint density at radius 3 is 2.59 bits per heavy atom. The molecule has 1 fully saturated rings. The highest BCUT2D eigenvalue weighted by molar-refractivity contribution is 5.72. The van der Waals surface area contributed by atoms with Crippen LogP contribution in [-0.4, -0.2) is 25.8 Å². The van der Waals surface area contributed by atoms with Gasteiger partial charge in [0.15, 0.2) is 0 Å². The summed E-state index contributed by atoms with van der Waals surface area (Å²) in [6.45, 7) is 5.90. The SMILES string of the molecule is Cc1nnc(C2CC2)n1C(CC(C)C)C(=O)O. The van der Waals surface area contributed by atoms with Crippen LogP contribution in [0.15, 0.2) is 0 Å². The Bertz CT molecular complexity index is 421. The fraction of sp³-hybridized carbons (Fsp3) is 0.750. The van der Waals surface area contributed by atoms with Crippen LogP contribution in [0.3, 0.4) is 0 Å². The lowest BCUT2D eigenvalue weighted by molar-refractivity contribution is -0.141. The molecule has 1 atom stereocenters. The average molecular weight is 237 g/mol. The molecule has 17 heavy (non-hydrogen) atoms. The van der Waals surface area contributed by atoms with Gasteiger partial charge in [-0.25, -0.2) is 4.79 Å². The van der Waals surface area contributed by atoms with Crippen molar-refractivity contribution in [2.45, 2.75) is 52.0 Å². The minimum Gasteiger partial charge on any atom is -0.480 e. The minimum absolute atomic E-state index is 0.338. The summed E-state index contributed by atoms with van der Waals surface area (Å²) < 4.78 is 1.82. The van der Waals surface area contributed by atoms with Crippen molar-refractivity contribution in [2.24, 2.45) is 5.92 Å². The summed E-state index contributed by atoms with van der Waals surface area (Å²) in [7, 11) is 0. The summed E-state index contributed by atoms with van der Waals surface area (Å²) in [6, 6.07) is -0.527. The number of aliphatic carboxylic acids is 1. The predicted octanol–water partition coefficient (Wildman–Crippen LogP) is 2.14. The molecular formula is C12H19N3O2. The van der Waals surface area contributed by atoms with E-state index in [0.29, 0.717) is 24.1 Å². The Hall–Kier alpha value is -1.39. The van der Waals surface area contributed by atoms with Crippen LogP contribution in [0.4, 0.5) is 0 Å². The summed E-state index contributed by atoms with van der Waals surface area (Å²) in [6.07, 6.45) is 2.83. The van der Waals surface area contributed by atoms with Crippen molar-refractivity contribution in [2.75, 3.05) is 0 Å². The monoisotopic (exact) mass is 237 g/mol. The van der Waals surface area contributed by atoms with E-state index in [9.17, 15) is 9.90 Å². The van der Waals surface area contributed by atoms with E-state index < -0.39 is 12.0 Å². The number of aryl methyl sites for hydroxylation is 1. The fourth-order valence-corrected chi connectivity index (χ4v) is 2.15. The van der Waals surface area contributed by atoms with E-state index in [1.165, 1.54) is 0 Å². The van der Waals surface area contributed by atoms with Crippen molar-refractivity contribution in [1.82, 2.24) is 14.8 Å². The zero-order valence-corrected chi connectivity index (χ0v) is 10.6. The molecule has 5 nitrogen and oxygen atoms in total. The van der Waals surface area contributed by atoms with Crippen molar-refractivity contribution < 1.29 is 9.90 Å². The highest BCUT2D eigenvalue weighted by atomic mass is 16.4. The zero-order chi connectivity index (χ0) is 12.6. The number of nitrogens with zero attached hydrogens (tertiary/aromatic N) is 3. The van der Waals surface area contributed by atoms with Gasteiger partial charge in [0.05, 0.1) is 0 Å². The maximum Gasteiger partial charge on any atom is 0.326 e. The number of carboxylic acid groups (broad SMARTS) is 1. The van der Waals surface area contributed by atoms with Crippen molar-refractivity contribution in [3.05, 3.63) is 11.6 Å². The maximum absolute atomic E-state index is 11.4. The van der Waals surface area contributed by atoms with E-state index >= 15 is 0 Å². The number of aromatic nitrogens is 3. The first-order valence-electron chi connectivity index (χ1n) is 6.15. The van der Waals surface area contributed by atoms with E-state index in [2.05, 4.69) is 10.2 Å². The fourth-order valence-electron chi connectivity index (χ4n) is 2.15. The molecule has 1 aliphatic carbocycles. The summed E-state index contributed by atoms with van der Waals surface area (Å²) in [5.41, 5.74) is 0. The molecule has 0 bridgehead atoms. The van der Waals surface area contributed by atoms with Crippen LogP contribution in [0.2, 0.25) is 0 Å². The molecule has 1 unspecified atom stereocenters. The molecular weight excluding hydrogens is 218 g/mol. The molecule has 0 radical (unpaired) electrons. The lowest BCUT2D eigenvalue weighted by atomic mass is 10.0. The lowest BCUT2D eigenvalue weighted by Crippen LogP contribution is -2.23. The van der Waals surface area contributed by atoms with Crippen molar-refractivity contribution in [3.63, 3.8) is 0 Å². The standard InChI is InChI=1S/C12H19N3O2/c1-7(2)6-10(12(16)17)15-8(3)13-14-11(15)9-4-5-9/h7,9-10H,4-6H2,1-3H3,(H,16,17). The lowest BCUT2D eigenvalue weighted by Gasteiger charge is -2.19. The molecule has 1 N–H and O–H groups in total. The van der Waals surface area contributed by atoms with Crippen molar-refractivity contribution >= 4 is 5.97 Å². The van der Waals surface area contributed by atoms with Gasteiger partial charge < -0.3 is 9.67 Å². The third-order valence-electron chi connectivity index (χ3n) is 3.13. The second kappa shape index (κ2) is 4.47. The number of carbonyl (C=O) groups is 1. The molecule has 1 saturated carbocycles. The van der Waals surface area contributed by atoms with Gasteiger partial charge in [-0.2, -0.15) is 0 Å². The van der Waals surface area contributed by atoms with Crippen LogP contribution in [0.5, 0.6) is 0 Å². The topological polar surface area (TPSA) is 68.0 Å². The van der Waals surface area contributed by atoms with Crippen LogP contribution in [0.1, 0.15) is 56.7 Å². The van der Waals surface area contributed by atoms with Crippen molar-refractivity contribution in [3.8, 4) is 0 Å². The highest BCUT2D eigenvalue weighted by Gasteiger charge is 2.34. The summed E-state index contributed by atoms with van der Waals surface area (Å²) in [4.78, 5) is 11.4. The largest absolute Gasteiger partial charge is 0.480 e. The average Bonchev–Trinajstić information content (AvgIpc) is 2.99. The maximum atomic E-state index is 11.4. The Morgan fingerprint density at radius 1 is 1.47 bits per heavy atom. The van der Waals surface area contributed by atoms with Gasteiger partial charge in [-0.1, -0.05) is 13.8 Å². The first kappa shape index (κ1) is 12.1. The smallest absolute Gasteiger partial charge is 0.326 e. The molecule has 94 valence electrons. The third kappa shape index (κ3) is 2.48. The minimum atomic E-state index is -0.788. The van der Waals surface area contributed by atoms with E-state index in [0.717, 1.165) is 18.7 Å².